The van der Waals surface area contributed by atoms with Crippen molar-refractivity contribution in [2.45, 2.75) is 0 Å². The van der Waals surface area contributed by atoms with Crippen molar-refractivity contribution in [3.05, 3.63) is 170 Å². The largest absolute Gasteiger partial charge is 0.454 e. The second-order valence-corrected chi connectivity index (χ2v) is 13.2. The second-order valence-electron chi connectivity index (χ2n) is 13.2. The molecule has 0 atom stereocenters. The molecule has 5 nitrogen and oxygen atoms in total. The monoisotopic (exact) mass is 664 g/mol. The van der Waals surface area contributed by atoms with E-state index in [4.69, 9.17) is 19.4 Å². The standard InChI is InChI=1S/C47H28N4O/c1-3-13-29(14-4-1)45-48-46(30-15-5-2-6-16-30)50-47(49-45)37-23-24-40(44-43(37)36-20-10-12-22-42(36)52-44)51-39-21-11-9-19-35(39)38-27-33-25-31-17-7-8-18-32(31)26-34(33)28-41(38)51/h1-28H. The highest BCUT2D eigenvalue weighted by Crippen LogP contribution is 2.43. The Morgan fingerprint density at radius 2 is 0.981 bits per heavy atom. The Hall–Kier alpha value is -7.11. The summed E-state index contributed by atoms with van der Waals surface area (Å²) in [5.41, 5.74) is 7.53. The summed E-state index contributed by atoms with van der Waals surface area (Å²) in [6, 6.07) is 59.2. The van der Waals surface area contributed by atoms with Crippen LogP contribution in [0, 0.1) is 0 Å². The number of hydrogen-bond acceptors (Lipinski definition) is 4. The van der Waals surface area contributed by atoms with Gasteiger partial charge in [0.15, 0.2) is 23.1 Å². The van der Waals surface area contributed by atoms with E-state index >= 15 is 0 Å². The maximum Gasteiger partial charge on any atom is 0.164 e. The van der Waals surface area contributed by atoms with Crippen LogP contribution in [0.2, 0.25) is 0 Å². The van der Waals surface area contributed by atoms with Gasteiger partial charge in [0.2, 0.25) is 0 Å². The van der Waals surface area contributed by atoms with E-state index in [1.54, 1.807) is 0 Å². The molecule has 8 aromatic carbocycles. The Morgan fingerprint density at radius 1 is 0.404 bits per heavy atom. The van der Waals surface area contributed by atoms with Crippen LogP contribution in [-0.2, 0) is 0 Å². The zero-order valence-corrected chi connectivity index (χ0v) is 27.9. The third-order valence-corrected chi connectivity index (χ3v) is 10.2. The lowest BCUT2D eigenvalue weighted by Crippen LogP contribution is -2.01. The molecular formula is C47H28N4O. The number of nitrogens with zero attached hydrogens (tertiary/aromatic N) is 4. The number of furan rings is 1. The molecule has 0 unspecified atom stereocenters. The molecule has 0 saturated heterocycles. The predicted molar refractivity (Wildman–Crippen MR) is 213 cm³/mol. The van der Waals surface area contributed by atoms with E-state index in [2.05, 4.69) is 102 Å². The van der Waals surface area contributed by atoms with E-state index in [9.17, 15) is 0 Å². The molecular weight excluding hydrogens is 637 g/mol. The number of hydrogen-bond donors (Lipinski definition) is 0. The fourth-order valence-electron chi connectivity index (χ4n) is 7.77. The van der Waals surface area contributed by atoms with Crippen LogP contribution >= 0.6 is 0 Å². The van der Waals surface area contributed by atoms with Gasteiger partial charge >= 0.3 is 0 Å². The van der Waals surface area contributed by atoms with Gasteiger partial charge in [-0.1, -0.05) is 121 Å². The molecule has 0 saturated carbocycles. The van der Waals surface area contributed by atoms with Gasteiger partial charge in [-0.2, -0.15) is 0 Å². The van der Waals surface area contributed by atoms with Crippen LogP contribution in [0.15, 0.2) is 174 Å². The van der Waals surface area contributed by atoms with Gasteiger partial charge in [-0.3, -0.25) is 0 Å². The Balaban J connectivity index is 1.22. The lowest BCUT2D eigenvalue weighted by molar-refractivity contribution is 0.666. The Bertz CT molecular complexity index is 3120. The van der Waals surface area contributed by atoms with Crippen molar-refractivity contribution in [3.63, 3.8) is 0 Å². The fourth-order valence-corrected chi connectivity index (χ4v) is 7.77. The van der Waals surface area contributed by atoms with Crippen LogP contribution in [0.3, 0.4) is 0 Å². The summed E-state index contributed by atoms with van der Waals surface area (Å²) >= 11 is 0. The highest BCUT2D eigenvalue weighted by Gasteiger charge is 2.23. The van der Waals surface area contributed by atoms with Crippen LogP contribution in [0.25, 0.3) is 105 Å². The molecule has 0 fully saturated rings. The van der Waals surface area contributed by atoms with E-state index in [1.807, 2.05) is 72.8 Å². The number of aromatic nitrogens is 4. The molecule has 52 heavy (non-hydrogen) atoms. The first-order valence-electron chi connectivity index (χ1n) is 17.4. The molecule has 0 aliphatic rings. The molecule has 5 heteroatoms. The average Bonchev–Trinajstić information content (AvgIpc) is 3.75. The molecule has 0 radical (unpaired) electrons. The minimum atomic E-state index is 0.593. The van der Waals surface area contributed by atoms with Crippen molar-refractivity contribution >= 4 is 65.3 Å². The molecule has 11 rings (SSSR count). The SMILES string of the molecule is c1ccc(-c2nc(-c3ccccc3)nc(-c3ccc(-n4c5ccccc5c5cc6cc7ccccc7cc6cc54)c4oc5ccccc5c34)n2)cc1. The Morgan fingerprint density at radius 3 is 1.69 bits per heavy atom. The Kier molecular flexibility index (Phi) is 6.18. The first kappa shape index (κ1) is 28.7. The molecule has 0 spiro atoms. The fraction of sp³-hybridized carbons (Fsp3) is 0. The summed E-state index contributed by atoms with van der Waals surface area (Å²) in [6.07, 6.45) is 0. The molecule has 3 aromatic heterocycles. The first-order valence-corrected chi connectivity index (χ1v) is 17.4. The molecule has 11 aromatic rings. The minimum Gasteiger partial charge on any atom is -0.454 e. The van der Waals surface area contributed by atoms with Crippen LogP contribution < -0.4 is 0 Å². The van der Waals surface area contributed by atoms with E-state index in [0.29, 0.717) is 17.5 Å². The van der Waals surface area contributed by atoms with Crippen molar-refractivity contribution in [3.8, 4) is 39.9 Å². The summed E-state index contributed by atoms with van der Waals surface area (Å²) in [4.78, 5) is 15.2. The smallest absolute Gasteiger partial charge is 0.164 e. The zero-order valence-electron chi connectivity index (χ0n) is 27.9. The molecule has 0 aliphatic carbocycles. The van der Waals surface area contributed by atoms with Gasteiger partial charge < -0.3 is 8.98 Å². The van der Waals surface area contributed by atoms with Crippen molar-refractivity contribution in [2.75, 3.05) is 0 Å². The maximum atomic E-state index is 6.85. The molecule has 0 bridgehead atoms. The first-order chi connectivity index (χ1) is 25.8. The highest BCUT2D eigenvalue weighted by atomic mass is 16.3. The number of fused-ring (bicyclic) bond motifs is 8. The number of rotatable bonds is 4. The molecule has 3 heterocycles. The van der Waals surface area contributed by atoms with Crippen molar-refractivity contribution in [1.82, 2.24) is 19.5 Å². The summed E-state index contributed by atoms with van der Waals surface area (Å²) in [5.74, 6) is 1.84. The van der Waals surface area contributed by atoms with Gasteiger partial charge in [-0.05, 0) is 70.1 Å². The minimum absolute atomic E-state index is 0.593. The van der Waals surface area contributed by atoms with Crippen LogP contribution in [0.4, 0.5) is 0 Å². The highest BCUT2D eigenvalue weighted by molar-refractivity contribution is 6.18. The molecule has 0 amide bonds. The van der Waals surface area contributed by atoms with E-state index in [0.717, 1.165) is 55.3 Å². The average molecular weight is 665 g/mol. The zero-order chi connectivity index (χ0) is 34.2. The lowest BCUT2D eigenvalue weighted by Gasteiger charge is -2.13. The molecule has 0 aliphatic heterocycles. The Labute approximate surface area is 298 Å². The van der Waals surface area contributed by atoms with Gasteiger partial charge in [0.05, 0.1) is 16.7 Å². The van der Waals surface area contributed by atoms with Gasteiger partial charge in [0.1, 0.15) is 5.58 Å². The third kappa shape index (κ3) is 4.39. The van der Waals surface area contributed by atoms with Crippen LogP contribution in [0.1, 0.15) is 0 Å². The normalized spacial score (nSPS) is 11.8. The lowest BCUT2D eigenvalue weighted by atomic mass is 10.0. The quantitative estimate of drug-likeness (QED) is 0.176. The molecule has 0 N–H and O–H groups in total. The van der Waals surface area contributed by atoms with Gasteiger partial charge in [0.25, 0.3) is 0 Å². The second kappa shape index (κ2) is 11.2. The number of benzene rings is 8. The summed E-state index contributed by atoms with van der Waals surface area (Å²) in [7, 11) is 0. The van der Waals surface area contributed by atoms with Gasteiger partial charge in [-0.25, -0.2) is 15.0 Å². The molecule has 242 valence electrons. The van der Waals surface area contributed by atoms with E-state index in [-0.39, 0.29) is 0 Å². The van der Waals surface area contributed by atoms with E-state index < -0.39 is 0 Å². The van der Waals surface area contributed by atoms with Crippen LogP contribution in [0.5, 0.6) is 0 Å². The number of para-hydroxylation sites is 2. The van der Waals surface area contributed by atoms with Crippen molar-refractivity contribution < 1.29 is 4.42 Å². The van der Waals surface area contributed by atoms with Gasteiger partial charge in [-0.15, -0.1) is 0 Å². The van der Waals surface area contributed by atoms with Crippen LogP contribution in [-0.4, -0.2) is 19.5 Å². The summed E-state index contributed by atoms with van der Waals surface area (Å²) in [5, 5.41) is 9.24. The topological polar surface area (TPSA) is 56.7 Å². The van der Waals surface area contributed by atoms with Crippen molar-refractivity contribution in [1.29, 1.82) is 0 Å². The third-order valence-electron chi connectivity index (χ3n) is 10.2. The van der Waals surface area contributed by atoms with Crippen molar-refractivity contribution in [2.24, 2.45) is 0 Å². The van der Waals surface area contributed by atoms with Gasteiger partial charge in [0, 0.05) is 38.2 Å². The van der Waals surface area contributed by atoms with E-state index in [1.165, 1.54) is 32.3 Å². The predicted octanol–water partition coefficient (Wildman–Crippen LogP) is 12.2. The summed E-state index contributed by atoms with van der Waals surface area (Å²) < 4.78 is 9.20. The summed E-state index contributed by atoms with van der Waals surface area (Å²) in [6.45, 7) is 0. The maximum absolute atomic E-state index is 6.85.